The number of hydrogen-bond acceptors (Lipinski definition) is 6. The van der Waals surface area contributed by atoms with Crippen LogP contribution in [0.1, 0.15) is 28.8 Å². The normalized spacial score (nSPS) is 12.5. The van der Waals surface area contributed by atoms with E-state index in [9.17, 15) is 4.79 Å². The minimum absolute atomic E-state index is 0.127. The van der Waals surface area contributed by atoms with Crippen LogP contribution < -0.4 is 5.73 Å². The molecule has 1 aromatic carbocycles. The third kappa shape index (κ3) is 3.11. The fourth-order valence-electron chi connectivity index (χ4n) is 3.96. The number of benzene rings is 1. The van der Waals surface area contributed by atoms with E-state index in [0.29, 0.717) is 12.2 Å². The third-order valence-electron chi connectivity index (χ3n) is 5.36. The average Bonchev–Trinajstić information content (AvgIpc) is 3.29. The molecule has 0 unspecified atom stereocenters. The van der Waals surface area contributed by atoms with Crippen LogP contribution in [-0.4, -0.2) is 25.5 Å². The molecule has 3 heterocycles. The lowest BCUT2D eigenvalue weighted by atomic mass is 9.95. The number of para-hydroxylation sites is 1. The highest BCUT2D eigenvalue weighted by molar-refractivity contribution is 7.15. The summed E-state index contributed by atoms with van der Waals surface area (Å²) in [4.78, 5) is 21.8. The number of carbonyl (C=O) groups excluding carboxylic acids is 1. The minimum Gasteiger partial charge on any atom is -0.384 e. The zero-order valence-corrected chi connectivity index (χ0v) is 17.7. The molecule has 0 aliphatic heterocycles. The summed E-state index contributed by atoms with van der Waals surface area (Å²) in [7, 11) is 0. The summed E-state index contributed by atoms with van der Waals surface area (Å²) >= 11 is 1.60. The van der Waals surface area contributed by atoms with Crippen LogP contribution in [0, 0.1) is 6.92 Å². The standard InChI is InChI=1S/C23H21N5OS/c1-13-5-3-4-6-18(13)28-22-16(21(27-28)15-7-10-19(24)25-12-15)8-9-17-23(22)30-20(26-17)11-14(2)29/h3-7,10,12H,8-9,11H2,1-2H3,(H2,24,25). The molecule has 0 amide bonds. The molecule has 6 nitrogen and oxygen atoms in total. The average molecular weight is 416 g/mol. The number of ketones is 1. The fourth-order valence-corrected chi connectivity index (χ4v) is 5.20. The molecular formula is C23H21N5OS. The third-order valence-corrected chi connectivity index (χ3v) is 6.46. The Labute approximate surface area is 178 Å². The van der Waals surface area contributed by atoms with E-state index in [-0.39, 0.29) is 5.78 Å². The number of hydrogen-bond donors (Lipinski definition) is 1. The topological polar surface area (TPSA) is 86.7 Å². The number of anilines is 1. The Balaban J connectivity index is 1.76. The van der Waals surface area contributed by atoms with Gasteiger partial charge in [0.25, 0.3) is 0 Å². The monoisotopic (exact) mass is 415 g/mol. The molecule has 0 saturated heterocycles. The van der Waals surface area contributed by atoms with Crippen LogP contribution >= 0.6 is 11.3 Å². The van der Waals surface area contributed by atoms with Crippen LogP contribution in [0.5, 0.6) is 0 Å². The van der Waals surface area contributed by atoms with Gasteiger partial charge in [-0.3, -0.25) is 4.79 Å². The van der Waals surface area contributed by atoms with Gasteiger partial charge in [0, 0.05) is 17.3 Å². The lowest BCUT2D eigenvalue weighted by Crippen LogP contribution is -2.07. The van der Waals surface area contributed by atoms with Gasteiger partial charge in [-0.2, -0.15) is 5.10 Å². The first-order valence-electron chi connectivity index (χ1n) is 9.89. The number of nitrogen functional groups attached to an aromatic ring is 1. The number of fused-ring (bicyclic) bond motifs is 3. The molecule has 3 aromatic heterocycles. The minimum atomic E-state index is 0.127. The first-order valence-corrected chi connectivity index (χ1v) is 10.7. The van der Waals surface area contributed by atoms with Crippen molar-refractivity contribution >= 4 is 22.9 Å². The number of aryl methyl sites for hydroxylation is 2. The summed E-state index contributed by atoms with van der Waals surface area (Å²) < 4.78 is 2.03. The van der Waals surface area contributed by atoms with E-state index >= 15 is 0 Å². The van der Waals surface area contributed by atoms with E-state index in [2.05, 4.69) is 24.0 Å². The molecule has 0 spiro atoms. The van der Waals surface area contributed by atoms with Gasteiger partial charge in [0.1, 0.15) is 16.6 Å². The number of thiazole rings is 1. The molecule has 150 valence electrons. The first kappa shape index (κ1) is 18.7. The van der Waals surface area contributed by atoms with Crippen LogP contribution in [0.4, 0.5) is 5.82 Å². The summed E-state index contributed by atoms with van der Waals surface area (Å²) in [6.45, 7) is 3.70. The molecule has 7 heteroatoms. The highest BCUT2D eigenvalue weighted by Gasteiger charge is 2.30. The van der Waals surface area contributed by atoms with Crippen molar-refractivity contribution in [3.8, 4) is 27.5 Å². The number of nitrogens with two attached hydrogens (primary N) is 1. The zero-order chi connectivity index (χ0) is 20.8. The van der Waals surface area contributed by atoms with Crippen molar-refractivity contribution in [3.63, 3.8) is 0 Å². The fraction of sp³-hybridized carbons (Fsp3) is 0.217. The Bertz CT molecular complexity index is 1270. The number of pyridine rings is 1. The van der Waals surface area contributed by atoms with Crippen LogP contribution in [0.15, 0.2) is 42.6 Å². The second-order valence-electron chi connectivity index (χ2n) is 7.61. The van der Waals surface area contributed by atoms with Crippen LogP contribution in [-0.2, 0) is 24.1 Å². The van der Waals surface area contributed by atoms with Gasteiger partial charge in [-0.1, -0.05) is 18.2 Å². The molecular weight excluding hydrogens is 394 g/mol. The smallest absolute Gasteiger partial charge is 0.136 e. The second kappa shape index (κ2) is 7.18. The number of nitrogens with zero attached hydrogens (tertiary/aromatic N) is 4. The molecule has 30 heavy (non-hydrogen) atoms. The Kier molecular flexibility index (Phi) is 4.47. The van der Waals surface area contributed by atoms with Crippen molar-refractivity contribution in [2.45, 2.75) is 33.1 Å². The lowest BCUT2D eigenvalue weighted by Gasteiger charge is -2.15. The molecule has 0 bridgehead atoms. The Morgan fingerprint density at radius 3 is 2.77 bits per heavy atom. The van der Waals surface area contributed by atoms with Gasteiger partial charge < -0.3 is 5.73 Å². The first-order chi connectivity index (χ1) is 14.5. The molecule has 0 fully saturated rings. The summed E-state index contributed by atoms with van der Waals surface area (Å²) in [5.41, 5.74) is 13.2. The maximum Gasteiger partial charge on any atom is 0.136 e. The van der Waals surface area contributed by atoms with Crippen LogP contribution in [0.25, 0.3) is 27.5 Å². The summed E-state index contributed by atoms with van der Waals surface area (Å²) in [5, 5.41) is 5.91. The van der Waals surface area contributed by atoms with E-state index in [1.807, 2.05) is 22.9 Å². The van der Waals surface area contributed by atoms with E-state index < -0.39 is 0 Å². The van der Waals surface area contributed by atoms with E-state index in [0.717, 1.165) is 56.6 Å². The Morgan fingerprint density at radius 2 is 2.03 bits per heavy atom. The number of carbonyl (C=O) groups is 1. The lowest BCUT2D eigenvalue weighted by molar-refractivity contribution is -0.116. The Hall–Kier alpha value is -3.32. The predicted octanol–water partition coefficient (Wildman–Crippen LogP) is 4.18. The predicted molar refractivity (Wildman–Crippen MR) is 119 cm³/mol. The van der Waals surface area contributed by atoms with Crippen molar-refractivity contribution in [1.82, 2.24) is 19.7 Å². The molecule has 0 atom stereocenters. The van der Waals surface area contributed by atoms with E-state index in [4.69, 9.17) is 15.8 Å². The van der Waals surface area contributed by atoms with E-state index in [1.54, 1.807) is 30.5 Å². The molecule has 5 rings (SSSR count). The molecule has 1 aliphatic carbocycles. The zero-order valence-electron chi connectivity index (χ0n) is 16.8. The van der Waals surface area contributed by atoms with Gasteiger partial charge in [-0.25, -0.2) is 14.6 Å². The van der Waals surface area contributed by atoms with Crippen molar-refractivity contribution in [2.24, 2.45) is 0 Å². The van der Waals surface area contributed by atoms with Gasteiger partial charge in [0.15, 0.2) is 0 Å². The van der Waals surface area contributed by atoms with E-state index in [1.165, 1.54) is 5.56 Å². The van der Waals surface area contributed by atoms with Crippen molar-refractivity contribution in [1.29, 1.82) is 0 Å². The van der Waals surface area contributed by atoms with Crippen molar-refractivity contribution < 1.29 is 4.79 Å². The largest absolute Gasteiger partial charge is 0.384 e. The molecule has 1 aliphatic rings. The van der Waals surface area contributed by atoms with Gasteiger partial charge in [0.2, 0.25) is 0 Å². The summed E-state index contributed by atoms with van der Waals surface area (Å²) in [6, 6.07) is 12.0. The second-order valence-corrected chi connectivity index (χ2v) is 8.69. The maximum absolute atomic E-state index is 11.7. The molecule has 0 radical (unpaired) electrons. The van der Waals surface area contributed by atoms with Gasteiger partial charge in [-0.15, -0.1) is 11.3 Å². The molecule has 4 aromatic rings. The van der Waals surface area contributed by atoms with Crippen molar-refractivity contribution in [2.75, 3.05) is 5.73 Å². The maximum atomic E-state index is 11.7. The number of Topliss-reactive ketones (excluding diaryl/α,β-unsaturated/α-hetero) is 1. The van der Waals surface area contributed by atoms with Crippen LogP contribution in [0.3, 0.4) is 0 Å². The van der Waals surface area contributed by atoms with Gasteiger partial charge in [0.05, 0.1) is 34.1 Å². The van der Waals surface area contributed by atoms with Crippen molar-refractivity contribution in [3.05, 3.63) is 64.4 Å². The summed E-state index contributed by atoms with van der Waals surface area (Å²) in [5.74, 6) is 0.618. The Morgan fingerprint density at radius 1 is 1.20 bits per heavy atom. The van der Waals surface area contributed by atoms with Crippen LogP contribution in [0.2, 0.25) is 0 Å². The highest BCUT2D eigenvalue weighted by Crippen LogP contribution is 2.43. The number of rotatable bonds is 4. The van der Waals surface area contributed by atoms with Gasteiger partial charge in [-0.05, 0) is 50.5 Å². The SMILES string of the molecule is CC(=O)Cc1nc2c(s1)-c1c(c(-c3ccc(N)nc3)nn1-c1ccccc1C)CC2. The molecule has 0 saturated carbocycles. The quantitative estimate of drug-likeness (QED) is 0.540. The summed E-state index contributed by atoms with van der Waals surface area (Å²) in [6.07, 6.45) is 3.84. The molecule has 2 N–H and O–H groups in total. The number of aromatic nitrogens is 4. The highest BCUT2D eigenvalue weighted by atomic mass is 32.1. The van der Waals surface area contributed by atoms with Gasteiger partial charge >= 0.3 is 0 Å².